The zero-order chi connectivity index (χ0) is 15.9. The Hall–Kier alpha value is -2.07. The molecule has 4 nitrogen and oxygen atoms in total. The number of aromatic nitrogens is 1. The van der Waals surface area contributed by atoms with Crippen LogP contribution in [0.1, 0.15) is 36.0 Å². The van der Waals surface area contributed by atoms with Crippen LogP contribution in [0, 0.1) is 0 Å². The summed E-state index contributed by atoms with van der Waals surface area (Å²) >= 11 is 0. The number of hydrogen-bond acceptors (Lipinski definition) is 2. The van der Waals surface area contributed by atoms with Gasteiger partial charge in [-0.2, -0.15) is 0 Å². The highest BCUT2D eigenvalue weighted by molar-refractivity contribution is 5.94. The Labute approximate surface area is 138 Å². The first-order valence-electron chi connectivity index (χ1n) is 8.57. The second-order valence-electron chi connectivity index (χ2n) is 6.15. The van der Waals surface area contributed by atoms with Crippen molar-refractivity contribution in [3.05, 3.63) is 54.4 Å². The van der Waals surface area contributed by atoms with E-state index in [2.05, 4.69) is 10.2 Å². The molecular weight excluding hydrogens is 286 g/mol. The summed E-state index contributed by atoms with van der Waals surface area (Å²) in [5.41, 5.74) is 1.79. The maximum absolute atomic E-state index is 12.1. The molecule has 0 radical (unpaired) electrons. The average molecular weight is 311 g/mol. The zero-order valence-corrected chi connectivity index (χ0v) is 13.6. The van der Waals surface area contributed by atoms with Crippen molar-refractivity contribution in [2.75, 3.05) is 26.2 Å². The minimum absolute atomic E-state index is 0.0187. The van der Waals surface area contributed by atoms with Crippen LogP contribution in [0.4, 0.5) is 0 Å². The molecule has 0 aliphatic carbocycles. The number of nitrogens with zero attached hydrogens (tertiary/aromatic N) is 2. The lowest BCUT2D eigenvalue weighted by Crippen LogP contribution is -2.26. The van der Waals surface area contributed by atoms with E-state index >= 15 is 0 Å². The number of carbonyl (C=O) groups is 1. The molecule has 122 valence electrons. The molecule has 1 amide bonds. The molecule has 1 saturated heterocycles. The number of benzene rings is 1. The van der Waals surface area contributed by atoms with Crippen molar-refractivity contribution in [1.82, 2.24) is 14.8 Å². The number of hydrogen-bond donors (Lipinski definition) is 1. The Bertz CT molecular complexity index is 598. The minimum atomic E-state index is 0.0187. The average Bonchev–Trinajstić information content (AvgIpc) is 3.28. The molecule has 2 heterocycles. The molecule has 23 heavy (non-hydrogen) atoms. The van der Waals surface area contributed by atoms with E-state index < -0.39 is 0 Å². The highest BCUT2D eigenvalue weighted by Gasteiger charge is 2.10. The molecule has 0 unspecified atom stereocenters. The van der Waals surface area contributed by atoms with Crippen LogP contribution in [-0.4, -0.2) is 41.6 Å². The van der Waals surface area contributed by atoms with Crippen molar-refractivity contribution in [3.63, 3.8) is 0 Å². The van der Waals surface area contributed by atoms with Crippen molar-refractivity contribution >= 4 is 5.91 Å². The Morgan fingerprint density at radius 3 is 2.39 bits per heavy atom. The number of rotatable bonds is 7. The summed E-state index contributed by atoms with van der Waals surface area (Å²) in [6.07, 6.45) is 8.88. The Kier molecular flexibility index (Phi) is 5.48. The molecule has 3 rings (SSSR count). The third kappa shape index (κ3) is 4.45. The SMILES string of the molecule is O=C(NCCCCN1CCCC1)c1ccc(-n2cccc2)cc1. The van der Waals surface area contributed by atoms with Crippen LogP contribution in [0.5, 0.6) is 0 Å². The van der Waals surface area contributed by atoms with Gasteiger partial charge in [0.25, 0.3) is 5.91 Å². The third-order valence-corrected chi connectivity index (χ3v) is 4.42. The number of likely N-dealkylation sites (tertiary alicyclic amines) is 1. The van der Waals surface area contributed by atoms with Crippen LogP contribution in [0.25, 0.3) is 5.69 Å². The van der Waals surface area contributed by atoms with Crippen LogP contribution < -0.4 is 5.32 Å². The first-order chi connectivity index (χ1) is 11.3. The third-order valence-electron chi connectivity index (χ3n) is 4.42. The van der Waals surface area contributed by atoms with Crippen LogP contribution in [0.15, 0.2) is 48.8 Å². The van der Waals surface area contributed by atoms with Gasteiger partial charge in [-0.05, 0) is 81.7 Å². The normalized spacial score (nSPS) is 15.0. The van der Waals surface area contributed by atoms with Gasteiger partial charge in [-0.3, -0.25) is 4.79 Å². The van der Waals surface area contributed by atoms with Gasteiger partial charge in [0.1, 0.15) is 0 Å². The van der Waals surface area contributed by atoms with E-state index in [1.54, 1.807) is 0 Å². The molecule has 1 N–H and O–H groups in total. The molecule has 0 spiro atoms. The van der Waals surface area contributed by atoms with E-state index in [0.29, 0.717) is 0 Å². The van der Waals surface area contributed by atoms with Gasteiger partial charge in [-0.1, -0.05) is 0 Å². The van der Waals surface area contributed by atoms with E-state index in [0.717, 1.165) is 30.6 Å². The summed E-state index contributed by atoms with van der Waals surface area (Å²) in [6, 6.07) is 11.7. The summed E-state index contributed by atoms with van der Waals surface area (Å²) < 4.78 is 2.03. The second-order valence-corrected chi connectivity index (χ2v) is 6.15. The summed E-state index contributed by atoms with van der Waals surface area (Å²) in [7, 11) is 0. The second kappa shape index (κ2) is 7.97. The standard InChI is InChI=1S/C19H25N3O/c23-19(20-11-1-2-12-21-13-3-4-14-21)17-7-9-18(10-8-17)22-15-5-6-16-22/h5-10,15-16H,1-4,11-14H2,(H,20,23). The minimum Gasteiger partial charge on any atom is -0.352 e. The molecule has 1 aromatic heterocycles. The molecule has 0 atom stereocenters. The predicted molar refractivity (Wildman–Crippen MR) is 93.0 cm³/mol. The van der Waals surface area contributed by atoms with Crippen LogP contribution in [-0.2, 0) is 0 Å². The molecule has 1 aliphatic heterocycles. The zero-order valence-electron chi connectivity index (χ0n) is 13.6. The van der Waals surface area contributed by atoms with E-state index in [1.807, 2.05) is 53.4 Å². The lowest BCUT2D eigenvalue weighted by atomic mass is 10.2. The van der Waals surface area contributed by atoms with Gasteiger partial charge >= 0.3 is 0 Å². The summed E-state index contributed by atoms with van der Waals surface area (Å²) in [5, 5.41) is 3.01. The van der Waals surface area contributed by atoms with Crippen molar-refractivity contribution in [2.45, 2.75) is 25.7 Å². The maximum Gasteiger partial charge on any atom is 0.251 e. The van der Waals surface area contributed by atoms with Gasteiger partial charge in [0.15, 0.2) is 0 Å². The largest absolute Gasteiger partial charge is 0.352 e. The molecule has 1 aliphatic rings. The van der Waals surface area contributed by atoms with E-state index in [9.17, 15) is 4.79 Å². The number of unbranched alkanes of at least 4 members (excludes halogenated alkanes) is 1. The smallest absolute Gasteiger partial charge is 0.251 e. The Morgan fingerprint density at radius 1 is 1.00 bits per heavy atom. The van der Waals surface area contributed by atoms with Gasteiger partial charge in [0.2, 0.25) is 0 Å². The fourth-order valence-corrected chi connectivity index (χ4v) is 3.06. The van der Waals surface area contributed by atoms with Crippen LogP contribution >= 0.6 is 0 Å². The molecule has 4 heteroatoms. The first-order valence-corrected chi connectivity index (χ1v) is 8.57. The quantitative estimate of drug-likeness (QED) is 0.798. The molecule has 1 fully saturated rings. The Balaban J connectivity index is 1.39. The summed E-state index contributed by atoms with van der Waals surface area (Å²) in [6.45, 7) is 4.42. The van der Waals surface area contributed by atoms with Gasteiger partial charge in [0, 0.05) is 30.2 Å². The van der Waals surface area contributed by atoms with Gasteiger partial charge in [-0.25, -0.2) is 0 Å². The fraction of sp³-hybridized carbons (Fsp3) is 0.421. The van der Waals surface area contributed by atoms with Gasteiger partial charge < -0.3 is 14.8 Å². The van der Waals surface area contributed by atoms with E-state index in [4.69, 9.17) is 0 Å². The van der Waals surface area contributed by atoms with Crippen molar-refractivity contribution < 1.29 is 4.79 Å². The van der Waals surface area contributed by atoms with Gasteiger partial charge in [-0.15, -0.1) is 0 Å². The highest BCUT2D eigenvalue weighted by Crippen LogP contribution is 2.10. The summed E-state index contributed by atoms with van der Waals surface area (Å²) in [5.74, 6) is 0.0187. The summed E-state index contributed by atoms with van der Waals surface area (Å²) in [4.78, 5) is 14.6. The molecular formula is C19H25N3O. The molecule has 1 aromatic carbocycles. The van der Waals surface area contributed by atoms with Crippen LogP contribution in [0.2, 0.25) is 0 Å². The number of amides is 1. The highest BCUT2D eigenvalue weighted by atomic mass is 16.1. The predicted octanol–water partition coefficient (Wildman–Crippen LogP) is 3.08. The lowest BCUT2D eigenvalue weighted by molar-refractivity contribution is 0.0952. The Morgan fingerprint density at radius 2 is 1.70 bits per heavy atom. The van der Waals surface area contributed by atoms with Gasteiger partial charge in [0.05, 0.1) is 0 Å². The van der Waals surface area contributed by atoms with Crippen molar-refractivity contribution in [3.8, 4) is 5.69 Å². The van der Waals surface area contributed by atoms with Crippen molar-refractivity contribution in [1.29, 1.82) is 0 Å². The fourth-order valence-electron chi connectivity index (χ4n) is 3.06. The lowest BCUT2D eigenvalue weighted by Gasteiger charge is -2.14. The number of nitrogens with one attached hydrogen (secondary N) is 1. The molecule has 2 aromatic rings. The van der Waals surface area contributed by atoms with E-state index in [-0.39, 0.29) is 5.91 Å². The maximum atomic E-state index is 12.1. The number of carbonyl (C=O) groups excluding carboxylic acids is 1. The monoisotopic (exact) mass is 311 g/mol. The molecule has 0 saturated carbocycles. The first kappa shape index (κ1) is 15.8. The van der Waals surface area contributed by atoms with Crippen molar-refractivity contribution in [2.24, 2.45) is 0 Å². The van der Waals surface area contributed by atoms with E-state index in [1.165, 1.54) is 32.5 Å². The molecule has 0 bridgehead atoms. The van der Waals surface area contributed by atoms with Crippen LogP contribution in [0.3, 0.4) is 0 Å². The topological polar surface area (TPSA) is 37.3 Å².